The first-order valence-corrected chi connectivity index (χ1v) is 12.7. The molecular formula is C30H32N4S. The van der Waals surface area contributed by atoms with Crippen LogP contribution >= 0.6 is 12.2 Å². The Hall–Kier alpha value is -3.44. The topological polar surface area (TPSA) is 33.1 Å². The van der Waals surface area contributed by atoms with Crippen LogP contribution in [0.1, 0.15) is 58.3 Å². The number of thiocarbonyl (C=S) groups is 1. The summed E-state index contributed by atoms with van der Waals surface area (Å²) in [5, 5.41) is 4.33. The number of hydrogen-bond acceptors (Lipinski definition) is 2. The van der Waals surface area contributed by atoms with E-state index in [2.05, 4.69) is 104 Å². The van der Waals surface area contributed by atoms with Gasteiger partial charge in [-0.25, -0.2) is 0 Å². The molecule has 0 saturated carbocycles. The average molecular weight is 481 g/mol. The van der Waals surface area contributed by atoms with Crippen LogP contribution in [0.15, 0.2) is 72.9 Å². The van der Waals surface area contributed by atoms with Crippen LogP contribution in [0.25, 0.3) is 5.69 Å². The van der Waals surface area contributed by atoms with E-state index >= 15 is 0 Å². The minimum Gasteiger partial charge on any atom is -0.351 e. The zero-order chi connectivity index (χ0) is 24.7. The Balaban J connectivity index is 1.69. The summed E-state index contributed by atoms with van der Waals surface area (Å²) in [7, 11) is 0. The molecule has 0 bridgehead atoms. The van der Waals surface area contributed by atoms with Crippen molar-refractivity contribution in [3.63, 3.8) is 0 Å². The standard InChI is InChI=1S/C30H32N4S/c1-6-23-13-15-24(16-14-23)34-29(27(32-30(34)35)26-12-7-8-17-31-26)25-18-21(4)33(22(25)5)28-19(2)10-9-11-20(28)3/h7-18,27,29H,6H2,1-5H3,(H,32,35)/t27-,29+/m1/s1. The first-order chi connectivity index (χ1) is 16.9. The van der Waals surface area contributed by atoms with Gasteiger partial charge in [0.1, 0.15) is 0 Å². The van der Waals surface area contributed by atoms with E-state index in [-0.39, 0.29) is 12.1 Å². The van der Waals surface area contributed by atoms with Gasteiger partial charge in [0, 0.05) is 23.3 Å². The molecule has 0 radical (unpaired) electrons. The van der Waals surface area contributed by atoms with E-state index in [9.17, 15) is 0 Å². The summed E-state index contributed by atoms with van der Waals surface area (Å²) in [6, 6.07) is 23.6. The summed E-state index contributed by atoms with van der Waals surface area (Å²) in [6.45, 7) is 11.0. The Morgan fingerprint density at radius 3 is 2.26 bits per heavy atom. The van der Waals surface area contributed by atoms with Gasteiger partial charge in [0.05, 0.1) is 23.5 Å². The lowest BCUT2D eigenvalue weighted by Crippen LogP contribution is -2.29. The molecule has 35 heavy (non-hydrogen) atoms. The summed E-state index contributed by atoms with van der Waals surface area (Å²) in [6.07, 6.45) is 2.87. The Kier molecular flexibility index (Phi) is 6.20. The molecule has 1 fully saturated rings. The molecule has 178 valence electrons. The third-order valence-electron chi connectivity index (χ3n) is 7.17. The Bertz CT molecular complexity index is 1350. The van der Waals surface area contributed by atoms with Crippen molar-refractivity contribution < 1.29 is 0 Å². The fourth-order valence-electron chi connectivity index (χ4n) is 5.43. The molecule has 2 aromatic heterocycles. The van der Waals surface area contributed by atoms with Crippen molar-refractivity contribution in [2.24, 2.45) is 0 Å². The fraction of sp³-hybridized carbons (Fsp3) is 0.267. The zero-order valence-corrected chi connectivity index (χ0v) is 21.9. The highest BCUT2D eigenvalue weighted by Gasteiger charge is 2.42. The van der Waals surface area contributed by atoms with E-state index in [1.165, 1.54) is 39.3 Å². The Labute approximate surface area is 213 Å². The maximum atomic E-state index is 5.94. The summed E-state index contributed by atoms with van der Waals surface area (Å²) in [5.74, 6) is 0. The number of nitrogens with one attached hydrogen (secondary N) is 1. The Morgan fingerprint density at radius 1 is 0.914 bits per heavy atom. The SMILES string of the molecule is CCc1ccc(N2C(=S)N[C@H](c3ccccn3)[C@@H]2c2cc(C)n(-c3c(C)cccc3C)c2C)cc1. The summed E-state index contributed by atoms with van der Waals surface area (Å²) >= 11 is 5.94. The van der Waals surface area contributed by atoms with Crippen molar-refractivity contribution in [2.45, 2.75) is 53.1 Å². The number of rotatable bonds is 5. The largest absolute Gasteiger partial charge is 0.351 e. The van der Waals surface area contributed by atoms with Crippen LogP contribution < -0.4 is 10.2 Å². The summed E-state index contributed by atoms with van der Waals surface area (Å²) in [4.78, 5) is 6.98. The predicted octanol–water partition coefficient (Wildman–Crippen LogP) is 6.85. The van der Waals surface area contributed by atoms with Crippen molar-refractivity contribution in [2.75, 3.05) is 4.90 Å². The molecule has 4 nitrogen and oxygen atoms in total. The molecule has 1 aliphatic heterocycles. The van der Waals surface area contributed by atoms with Gasteiger partial charge in [-0.3, -0.25) is 4.98 Å². The monoisotopic (exact) mass is 480 g/mol. The molecule has 1 N–H and O–H groups in total. The second-order valence-corrected chi connectivity index (χ2v) is 9.81. The van der Waals surface area contributed by atoms with Gasteiger partial charge in [-0.1, -0.05) is 43.3 Å². The zero-order valence-electron chi connectivity index (χ0n) is 21.0. The van der Waals surface area contributed by atoms with E-state index in [4.69, 9.17) is 17.2 Å². The lowest BCUT2D eigenvalue weighted by atomic mass is 9.96. The Morgan fingerprint density at radius 2 is 1.63 bits per heavy atom. The quantitative estimate of drug-likeness (QED) is 0.317. The number of benzene rings is 2. The molecule has 2 aromatic carbocycles. The van der Waals surface area contributed by atoms with Crippen LogP contribution in [0.3, 0.4) is 0 Å². The molecule has 1 saturated heterocycles. The minimum absolute atomic E-state index is 0.0193. The molecule has 5 heteroatoms. The van der Waals surface area contributed by atoms with Gasteiger partial charge in [-0.05, 0) is 98.9 Å². The molecular weight excluding hydrogens is 448 g/mol. The molecule has 0 aliphatic carbocycles. The average Bonchev–Trinajstić information content (AvgIpc) is 3.35. The third-order valence-corrected chi connectivity index (χ3v) is 7.49. The van der Waals surface area contributed by atoms with Crippen LogP contribution in [0.5, 0.6) is 0 Å². The maximum absolute atomic E-state index is 5.94. The summed E-state index contributed by atoms with van der Waals surface area (Å²) < 4.78 is 2.40. The van der Waals surface area contributed by atoms with Crippen molar-refractivity contribution >= 4 is 23.0 Å². The number of aromatic nitrogens is 2. The lowest BCUT2D eigenvalue weighted by molar-refractivity contribution is 0.565. The van der Waals surface area contributed by atoms with E-state index < -0.39 is 0 Å². The first kappa shape index (κ1) is 23.3. The normalized spacial score (nSPS) is 17.6. The molecule has 0 unspecified atom stereocenters. The highest BCUT2D eigenvalue weighted by atomic mass is 32.1. The van der Waals surface area contributed by atoms with Crippen LogP contribution in [0, 0.1) is 27.7 Å². The third kappa shape index (κ3) is 4.04. The van der Waals surface area contributed by atoms with Crippen molar-refractivity contribution in [3.8, 4) is 5.69 Å². The first-order valence-electron chi connectivity index (χ1n) is 12.3. The molecule has 1 aliphatic rings. The van der Waals surface area contributed by atoms with Crippen molar-refractivity contribution in [3.05, 3.63) is 112 Å². The van der Waals surface area contributed by atoms with E-state index in [0.717, 1.165) is 22.9 Å². The van der Waals surface area contributed by atoms with Crippen LogP contribution in [-0.4, -0.2) is 14.7 Å². The molecule has 3 heterocycles. The van der Waals surface area contributed by atoms with E-state index in [1.807, 2.05) is 18.3 Å². The number of hydrogen-bond donors (Lipinski definition) is 1. The van der Waals surface area contributed by atoms with E-state index in [1.54, 1.807) is 0 Å². The van der Waals surface area contributed by atoms with Gasteiger partial charge in [0.2, 0.25) is 0 Å². The molecule has 0 spiro atoms. The van der Waals surface area contributed by atoms with Crippen LogP contribution in [0.4, 0.5) is 5.69 Å². The number of aryl methyl sites for hydroxylation is 4. The second kappa shape index (κ2) is 9.31. The highest BCUT2D eigenvalue weighted by molar-refractivity contribution is 7.80. The van der Waals surface area contributed by atoms with E-state index in [0.29, 0.717) is 0 Å². The molecule has 5 rings (SSSR count). The van der Waals surface area contributed by atoms with Gasteiger partial charge in [-0.2, -0.15) is 0 Å². The van der Waals surface area contributed by atoms with Crippen LogP contribution in [-0.2, 0) is 6.42 Å². The maximum Gasteiger partial charge on any atom is 0.174 e. The number of para-hydroxylation sites is 1. The highest BCUT2D eigenvalue weighted by Crippen LogP contribution is 2.44. The molecule has 4 aromatic rings. The minimum atomic E-state index is -0.0542. The summed E-state index contributed by atoms with van der Waals surface area (Å²) in [5.41, 5.74) is 10.9. The number of pyridine rings is 1. The molecule has 2 atom stereocenters. The number of nitrogens with zero attached hydrogens (tertiary/aromatic N) is 3. The fourth-order valence-corrected chi connectivity index (χ4v) is 5.78. The smallest absolute Gasteiger partial charge is 0.174 e. The van der Waals surface area contributed by atoms with Gasteiger partial charge in [0.15, 0.2) is 5.11 Å². The van der Waals surface area contributed by atoms with Gasteiger partial charge in [0.25, 0.3) is 0 Å². The van der Waals surface area contributed by atoms with Crippen molar-refractivity contribution in [1.82, 2.24) is 14.9 Å². The predicted molar refractivity (Wildman–Crippen MR) is 148 cm³/mol. The van der Waals surface area contributed by atoms with Gasteiger partial charge in [-0.15, -0.1) is 0 Å². The van der Waals surface area contributed by atoms with Gasteiger partial charge < -0.3 is 14.8 Å². The van der Waals surface area contributed by atoms with Crippen molar-refractivity contribution in [1.29, 1.82) is 0 Å². The van der Waals surface area contributed by atoms with Crippen LogP contribution in [0.2, 0.25) is 0 Å². The second-order valence-electron chi connectivity index (χ2n) is 9.42. The number of anilines is 1. The lowest BCUT2D eigenvalue weighted by Gasteiger charge is -2.28. The molecule has 0 amide bonds. The van der Waals surface area contributed by atoms with Gasteiger partial charge >= 0.3 is 0 Å².